The zero-order chi connectivity index (χ0) is 89.8. The Hall–Kier alpha value is -2.24. The molecule has 0 aromatic heterocycles. The average Bonchev–Trinajstić information content (AvgIpc) is 0.798. The van der Waals surface area contributed by atoms with Gasteiger partial charge in [0.25, 0.3) is 0 Å². The molecule has 0 unspecified atom stereocenters. The van der Waals surface area contributed by atoms with E-state index < -0.39 is 411 Å². The van der Waals surface area contributed by atoms with Gasteiger partial charge in [-0.3, -0.25) is 0 Å². The lowest BCUT2D eigenvalue weighted by Crippen LogP contribution is -2.64. The summed E-state index contributed by atoms with van der Waals surface area (Å²) in [6.07, 6.45) is -106. The summed E-state index contributed by atoms with van der Waals surface area (Å²) >= 11 is 0. The lowest BCUT2D eigenvalue weighted by atomic mass is 9.97. The molecule has 0 aromatic carbocycles. The molecule has 56 heteroatoms. The summed E-state index contributed by atoms with van der Waals surface area (Å²) < 4.78 is 111. The van der Waals surface area contributed by atoms with Gasteiger partial charge in [-0.15, -0.1) is 0 Å². The molecule has 122 heavy (non-hydrogen) atoms. The highest BCUT2D eigenvalue weighted by Gasteiger charge is 2.57. The molecule has 0 saturated carbocycles. The van der Waals surface area contributed by atoms with Crippen LogP contribution in [0.15, 0.2) is 0 Å². The molecule has 36 N–H and O–H groups in total. The second-order valence-electron chi connectivity index (χ2n) is 31.0. The van der Waals surface area contributed by atoms with Crippen LogP contribution in [0.1, 0.15) is 0 Å². The molecular formula is C66H114O56. The molecule has 0 spiro atoms. The van der Waals surface area contributed by atoms with Gasteiger partial charge >= 0.3 is 0 Å². The Morgan fingerprint density at radius 3 is 0.443 bits per heavy atom. The number of rotatable bonds is 35. The first-order valence-electron chi connectivity index (χ1n) is 38.6. The van der Waals surface area contributed by atoms with E-state index >= 15 is 0 Å². The van der Waals surface area contributed by atoms with E-state index in [-0.39, 0.29) is 0 Å². The van der Waals surface area contributed by atoms with Crippen molar-refractivity contribution in [1.82, 2.24) is 0 Å². The van der Waals surface area contributed by atoms with Crippen molar-refractivity contribution in [1.29, 1.82) is 0 Å². The normalized spacial score (nSPS) is 51.0. The van der Waals surface area contributed by atoms with Gasteiger partial charge in [0.1, 0.15) is 269 Å². The fourth-order valence-corrected chi connectivity index (χ4v) is 14.5. The maximum Gasteiger partial charge on any atom is 0.186 e. The summed E-state index contributed by atoms with van der Waals surface area (Å²) in [7, 11) is 0. The van der Waals surface area contributed by atoms with E-state index in [9.17, 15) is 179 Å². The van der Waals surface area contributed by atoms with E-state index in [0.29, 0.717) is 0 Å². The molecule has 0 amide bonds. The SMILES string of the molecule is OC[C@H](O)[C@@H](O)[C@H](O)[C@H](O)CO[C@H]1O[C@H](CO[C@H]2O[C@H](CO[C@H]3O[C@H](CO[C@H]4O[C@H](CO[C@H]5O[C@H](CO[C@H]6O[C@H](CO[C@H]7O[C@H](CO[C@H]8O[C@H](CO[C@H]9O[C@H](CO[C@H]%10O[C@H](CO)[C@@H](O)[C@H](O)[C@H]%10O)[C@@H](O)[C@H](O)[C@H]9O)[C@@H](O)[C@H](O)[C@H]8O)[C@@H](O)[C@H](O)[C@H]7O)[C@@H](O)[C@H](O)[C@H]6O)[C@@H](O)[C@H](O)[C@H]5O)[C@@H](O)[C@H](O)[C@H]4O)[C@@H](O)[C@H](O)[C@H]3O)[C@@H](O)[C@H](O)[C@H]2O)[C@@H](O)[C@H](O)[C@H]1O. The van der Waals surface area contributed by atoms with E-state index in [0.717, 1.165) is 0 Å². The maximum atomic E-state index is 11.0. The van der Waals surface area contributed by atoms with Crippen molar-refractivity contribution in [2.75, 3.05) is 79.3 Å². The van der Waals surface area contributed by atoms with Crippen LogP contribution < -0.4 is 0 Å². The number of aliphatic hydroxyl groups excluding tert-OH is 36. The Labute approximate surface area is 687 Å². The first kappa shape index (κ1) is 102. The van der Waals surface area contributed by atoms with Gasteiger partial charge in [-0.25, -0.2) is 0 Å². The standard InChI is InChI=1S/C66H114O56/c67-1-13(69)25(71)26(72)14(70)3-103-57-48(94)38(84)28(74)16(114-57)5-105-59-50(96)40(86)30(76)18(116-59)7-107-61-52(98)42(88)32(78)20(118-61)9-109-63-54(100)44(90)34(80)22(120-63)11-111-65-56(102)46(92)36(82)24(122-65)12-112-66-55(101)45(91)35(81)23(121-66)10-110-64-53(99)43(89)33(79)21(119-64)8-108-62-51(97)41(87)31(77)19(117-62)6-106-60-49(95)39(85)29(75)17(115-60)4-104-58-47(93)37(83)27(73)15(2-68)113-58/h13-102H,1-12H2/t13-,14+,15+,16+,17+,18+,19+,20+,21+,22+,23+,24+,25+,26+,27+,28+,29+,30+,31+,32+,33+,34+,35+,36+,37-,38-,39-,40-,41-,42-,43-,44-,45-,46-,47+,48+,49+,50+,51+,52+,53+,54+,55+,56+,57-,58-,59-,60-,61-,62-,63-,64-,65-,66-/m0/s1. The van der Waals surface area contributed by atoms with Crippen molar-refractivity contribution < 1.29 is 279 Å². The predicted molar refractivity (Wildman–Crippen MR) is 365 cm³/mol. The van der Waals surface area contributed by atoms with Crippen LogP contribution in [0.25, 0.3) is 0 Å². The molecule has 56 nitrogen and oxygen atoms in total. The molecule has 0 radical (unpaired) electrons. The highest BCUT2D eigenvalue weighted by Crippen LogP contribution is 2.36. The van der Waals surface area contributed by atoms with Crippen molar-refractivity contribution >= 4 is 0 Å². The van der Waals surface area contributed by atoms with Crippen LogP contribution in [0, 0.1) is 0 Å². The average molecular weight is 1800 g/mol. The van der Waals surface area contributed by atoms with E-state index in [2.05, 4.69) is 0 Å². The molecular weight excluding hydrogens is 1690 g/mol. The van der Waals surface area contributed by atoms with Crippen molar-refractivity contribution in [2.24, 2.45) is 0 Å². The van der Waals surface area contributed by atoms with Crippen LogP contribution in [0.4, 0.5) is 0 Å². The molecule has 10 heterocycles. The van der Waals surface area contributed by atoms with Crippen LogP contribution in [-0.4, -0.2) is 595 Å². The number of aliphatic hydroxyl groups is 36. The van der Waals surface area contributed by atoms with Gasteiger partial charge in [0.05, 0.1) is 79.3 Å². The minimum absolute atomic E-state index is 0.751. The molecule has 10 aliphatic heterocycles. The Morgan fingerprint density at radius 1 is 0.164 bits per heavy atom. The Bertz CT molecular complexity index is 3030. The zero-order valence-electron chi connectivity index (χ0n) is 63.9. The first-order valence-corrected chi connectivity index (χ1v) is 38.6. The summed E-state index contributed by atoms with van der Waals surface area (Å²) in [5.74, 6) is 0. The molecule has 10 aliphatic rings. The van der Waals surface area contributed by atoms with Gasteiger partial charge < -0.3 is 279 Å². The van der Waals surface area contributed by atoms with Crippen LogP contribution in [0.2, 0.25) is 0 Å². The molecule has 0 bridgehead atoms. The van der Waals surface area contributed by atoms with Gasteiger partial charge in [0, 0.05) is 0 Å². The third-order valence-corrected chi connectivity index (χ3v) is 22.4. The minimum Gasteiger partial charge on any atom is -0.394 e. The highest BCUT2D eigenvalue weighted by molar-refractivity contribution is 5.00. The Morgan fingerprint density at radius 2 is 0.295 bits per heavy atom. The first-order chi connectivity index (χ1) is 57.5. The third kappa shape index (κ3) is 23.1. The lowest BCUT2D eigenvalue weighted by molar-refractivity contribution is -0.355. The van der Waals surface area contributed by atoms with Gasteiger partial charge in [-0.05, 0) is 0 Å². The van der Waals surface area contributed by atoms with Crippen molar-refractivity contribution in [3.8, 4) is 0 Å². The molecule has 54 atom stereocenters. The summed E-state index contributed by atoms with van der Waals surface area (Å²) in [6, 6.07) is 0. The van der Waals surface area contributed by atoms with E-state index in [4.69, 9.17) is 99.8 Å². The summed E-state index contributed by atoms with van der Waals surface area (Å²) in [5, 5.41) is 382. The molecule has 10 fully saturated rings. The largest absolute Gasteiger partial charge is 0.394 e. The Balaban J connectivity index is 0.673. The topological polar surface area (TPSA) is 913 Å². The minimum atomic E-state index is -2.16. The second kappa shape index (κ2) is 44.8. The van der Waals surface area contributed by atoms with Gasteiger partial charge in [0.2, 0.25) is 0 Å². The Kier molecular flexibility index (Phi) is 37.4. The van der Waals surface area contributed by atoms with E-state index in [1.54, 1.807) is 0 Å². The quantitative estimate of drug-likeness (QED) is 0.0280. The van der Waals surface area contributed by atoms with Gasteiger partial charge in [-0.2, -0.15) is 0 Å². The molecule has 0 aliphatic carbocycles. The summed E-state index contributed by atoms with van der Waals surface area (Å²) in [6.45, 7) is -10.8. The van der Waals surface area contributed by atoms with Crippen LogP contribution >= 0.6 is 0 Å². The fourth-order valence-electron chi connectivity index (χ4n) is 14.5. The number of ether oxygens (including phenoxy) is 20. The van der Waals surface area contributed by atoms with Crippen molar-refractivity contribution in [2.45, 2.75) is 331 Å². The van der Waals surface area contributed by atoms with Crippen LogP contribution in [-0.2, 0) is 94.7 Å². The van der Waals surface area contributed by atoms with Gasteiger partial charge in [-0.1, -0.05) is 0 Å². The van der Waals surface area contributed by atoms with Crippen molar-refractivity contribution in [3.63, 3.8) is 0 Å². The fraction of sp³-hybridized carbons (Fsp3) is 1.00. The molecule has 10 saturated heterocycles. The molecule has 0 aromatic rings. The second-order valence-corrected chi connectivity index (χ2v) is 31.0. The zero-order valence-corrected chi connectivity index (χ0v) is 63.9. The van der Waals surface area contributed by atoms with Crippen molar-refractivity contribution in [3.05, 3.63) is 0 Å². The summed E-state index contributed by atoms with van der Waals surface area (Å²) in [5.41, 5.74) is 0. The van der Waals surface area contributed by atoms with E-state index in [1.165, 1.54) is 0 Å². The van der Waals surface area contributed by atoms with Crippen LogP contribution in [0.3, 0.4) is 0 Å². The smallest absolute Gasteiger partial charge is 0.186 e. The number of hydrogen-bond donors (Lipinski definition) is 36. The lowest BCUT2D eigenvalue weighted by Gasteiger charge is -2.45. The summed E-state index contributed by atoms with van der Waals surface area (Å²) in [4.78, 5) is 0. The van der Waals surface area contributed by atoms with Gasteiger partial charge in [0.15, 0.2) is 62.9 Å². The monoisotopic (exact) mass is 1800 g/mol. The maximum absolute atomic E-state index is 11.0. The van der Waals surface area contributed by atoms with E-state index in [1.807, 2.05) is 0 Å². The molecule has 714 valence electrons. The number of hydrogen-bond acceptors (Lipinski definition) is 56. The third-order valence-electron chi connectivity index (χ3n) is 22.4. The van der Waals surface area contributed by atoms with Crippen LogP contribution in [0.5, 0.6) is 0 Å². The highest BCUT2D eigenvalue weighted by atomic mass is 16.8. The predicted octanol–water partition coefficient (Wildman–Crippen LogP) is -25.3. The molecule has 10 rings (SSSR count).